The molecule has 0 radical (unpaired) electrons. The van der Waals surface area contributed by atoms with Crippen LogP contribution in [0.3, 0.4) is 0 Å². The van der Waals surface area contributed by atoms with Crippen molar-refractivity contribution in [1.82, 2.24) is 0 Å². The van der Waals surface area contributed by atoms with E-state index in [-0.39, 0.29) is 5.91 Å². The van der Waals surface area contributed by atoms with Crippen LogP contribution >= 0.6 is 34.7 Å². The minimum atomic E-state index is -0.442. The van der Waals surface area contributed by atoms with Crippen LogP contribution < -0.4 is 11.1 Å². The van der Waals surface area contributed by atoms with Gasteiger partial charge in [-0.1, -0.05) is 18.0 Å². The van der Waals surface area contributed by atoms with E-state index in [1.54, 1.807) is 11.8 Å². The van der Waals surface area contributed by atoms with Crippen molar-refractivity contribution in [3.05, 3.63) is 45.3 Å². The summed E-state index contributed by atoms with van der Waals surface area (Å²) in [6.45, 7) is 0. The molecule has 4 nitrogen and oxygen atoms in total. The van der Waals surface area contributed by atoms with E-state index in [1.807, 2.05) is 24.3 Å². The topological polar surface area (TPSA) is 72.2 Å². The molecule has 2 amide bonds. The molecule has 2 aromatic rings. The van der Waals surface area contributed by atoms with Gasteiger partial charge in [0.05, 0.1) is 5.56 Å². The molecule has 1 aromatic carbocycles. The SMILES string of the molecule is NC(=O)c1c(NC(=O)CCCSc2ccc(Cl)cc2)sc2c1CCCCC2. The van der Waals surface area contributed by atoms with Gasteiger partial charge in [-0.05, 0) is 67.7 Å². The van der Waals surface area contributed by atoms with E-state index in [9.17, 15) is 9.59 Å². The summed E-state index contributed by atoms with van der Waals surface area (Å²) >= 11 is 9.10. The zero-order chi connectivity index (χ0) is 19.2. The molecule has 1 aromatic heterocycles. The standard InChI is InChI=1S/C20H23ClN2O2S2/c21-13-8-10-14(11-9-13)26-12-4-7-17(24)23-20-18(19(22)25)15-5-2-1-3-6-16(15)27-20/h8-11H,1-7,12H2,(H2,22,25)(H,23,24). The Labute approximate surface area is 172 Å². The lowest BCUT2D eigenvalue weighted by Crippen LogP contribution is -2.18. The van der Waals surface area contributed by atoms with Crippen LogP contribution in [0, 0.1) is 0 Å². The van der Waals surface area contributed by atoms with E-state index in [0.29, 0.717) is 17.0 Å². The molecule has 7 heteroatoms. The number of primary amides is 1. The molecule has 27 heavy (non-hydrogen) atoms. The molecule has 0 atom stereocenters. The molecule has 144 valence electrons. The second-order valence-electron chi connectivity index (χ2n) is 6.59. The number of halogens is 1. The number of rotatable bonds is 7. The smallest absolute Gasteiger partial charge is 0.251 e. The molecule has 1 heterocycles. The fraction of sp³-hybridized carbons (Fsp3) is 0.400. The van der Waals surface area contributed by atoms with Gasteiger partial charge in [0.15, 0.2) is 0 Å². The van der Waals surface area contributed by atoms with E-state index in [1.165, 1.54) is 22.6 Å². The molecule has 1 aliphatic rings. The second-order valence-corrected chi connectivity index (χ2v) is 9.30. The second kappa shape index (κ2) is 9.62. The first-order chi connectivity index (χ1) is 13.0. The number of nitrogens with one attached hydrogen (secondary N) is 1. The normalized spacial score (nSPS) is 13.7. The third-order valence-corrected chi connectivity index (χ3v) is 7.11. The monoisotopic (exact) mass is 422 g/mol. The Morgan fingerprint density at radius 2 is 1.89 bits per heavy atom. The van der Waals surface area contributed by atoms with Gasteiger partial charge in [-0.2, -0.15) is 0 Å². The summed E-state index contributed by atoms with van der Waals surface area (Å²) < 4.78 is 0. The number of anilines is 1. The van der Waals surface area contributed by atoms with Crippen molar-refractivity contribution in [1.29, 1.82) is 0 Å². The van der Waals surface area contributed by atoms with Gasteiger partial charge in [0.25, 0.3) is 5.91 Å². The lowest BCUT2D eigenvalue weighted by atomic mass is 10.1. The average Bonchev–Trinajstić information content (AvgIpc) is 2.81. The summed E-state index contributed by atoms with van der Waals surface area (Å²) in [6, 6.07) is 7.68. The Hall–Kier alpha value is -1.50. The lowest BCUT2D eigenvalue weighted by molar-refractivity contribution is -0.116. The van der Waals surface area contributed by atoms with Crippen LogP contribution in [0.1, 0.15) is 52.9 Å². The summed E-state index contributed by atoms with van der Waals surface area (Å²) in [5.74, 6) is 0.340. The maximum absolute atomic E-state index is 12.3. The highest BCUT2D eigenvalue weighted by Crippen LogP contribution is 2.37. The number of nitrogens with two attached hydrogens (primary N) is 1. The molecule has 1 aliphatic carbocycles. The van der Waals surface area contributed by atoms with Crippen LogP contribution in [-0.4, -0.2) is 17.6 Å². The lowest BCUT2D eigenvalue weighted by Gasteiger charge is -2.06. The van der Waals surface area contributed by atoms with Gasteiger partial charge in [-0.25, -0.2) is 0 Å². The molecular formula is C20H23ClN2O2S2. The van der Waals surface area contributed by atoms with E-state index in [0.717, 1.165) is 53.3 Å². The fourth-order valence-corrected chi connectivity index (χ4v) is 5.52. The first kappa shape index (κ1) is 20.2. The van der Waals surface area contributed by atoms with Crippen LogP contribution in [-0.2, 0) is 17.6 Å². The van der Waals surface area contributed by atoms with E-state index < -0.39 is 5.91 Å². The molecule has 3 N–H and O–H groups in total. The predicted molar refractivity (Wildman–Crippen MR) is 114 cm³/mol. The Morgan fingerprint density at radius 1 is 1.15 bits per heavy atom. The molecular weight excluding hydrogens is 400 g/mol. The van der Waals surface area contributed by atoms with Gasteiger partial charge in [0.1, 0.15) is 5.00 Å². The summed E-state index contributed by atoms with van der Waals surface area (Å²) in [6.07, 6.45) is 6.38. The van der Waals surface area contributed by atoms with Gasteiger partial charge < -0.3 is 11.1 Å². The summed E-state index contributed by atoms with van der Waals surface area (Å²) in [4.78, 5) is 26.6. The van der Waals surface area contributed by atoms with Crippen LogP contribution in [0.15, 0.2) is 29.2 Å². The van der Waals surface area contributed by atoms with Crippen molar-refractivity contribution in [2.24, 2.45) is 5.73 Å². The Morgan fingerprint density at radius 3 is 2.63 bits per heavy atom. The van der Waals surface area contributed by atoms with Gasteiger partial charge in [-0.15, -0.1) is 23.1 Å². The number of hydrogen-bond acceptors (Lipinski definition) is 4. The van der Waals surface area contributed by atoms with Crippen molar-refractivity contribution >= 4 is 51.5 Å². The summed E-state index contributed by atoms with van der Waals surface area (Å²) in [5, 5.41) is 4.28. The summed E-state index contributed by atoms with van der Waals surface area (Å²) in [7, 11) is 0. The number of carbonyl (C=O) groups excluding carboxylic acids is 2. The minimum absolute atomic E-state index is 0.0642. The zero-order valence-electron chi connectivity index (χ0n) is 15.1. The van der Waals surface area contributed by atoms with E-state index >= 15 is 0 Å². The van der Waals surface area contributed by atoms with Gasteiger partial charge in [-0.3, -0.25) is 9.59 Å². The Bertz CT molecular complexity index is 818. The number of thiophene rings is 1. The molecule has 0 fully saturated rings. The molecule has 3 rings (SSSR count). The van der Waals surface area contributed by atoms with Crippen molar-refractivity contribution in [3.63, 3.8) is 0 Å². The molecule has 0 saturated heterocycles. The third kappa shape index (κ3) is 5.50. The third-order valence-electron chi connectivity index (χ3n) is 4.55. The van der Waals surface area contributed by atoms with Crippen LogP contribution in [0.2, 0.25) is 5.02 Å². The summed E-state index contributed by atoms with van der Waals surface area (Å²) in [5.41, 5.74) is 7.19. The predicted octanol–water partition coefficient (Wildman–Crippen LogP) is 5.28. The highest BCUT2D eigenvalue weighted by Gasteiger charge is 2.24. The maximum atomic E-state index is 12.3. The van der Waals surface area contributed by atoms with Crippen molar-refractivity contribution in [2.45, 2.75) is 49.8 Å². The number of aryl methyl sites for hydroxylation is 1. The quantitative estimate of drug-likeness (QED) is 0.362. The van der Waals surface area contributed by atoms with Crippen molar-refractivity contribution < 1.29 is 9.59 Å². The molecule has 0 aliphatic heterocycles. The Kier molecular flexibility index (Phi) is 7.21. The maximum Gasteiger partial charge on any atom is 0.251 e. The van der Waals surface area contributed by atoms with Gasteiger partial charge in [0, 0.05) is 21.2 Å². The number of fused-ring (bicyclic) bond motifs is 1. The van der Waals surface area contributed by atoms with Crippen LogP contribution in [0.25, 0.3) is 0 Å². The first-order valence-electron chi connectivity index (χ1n) is 9.17. The Balaban J connectivity index is 1.54. The zero-order valence-corrected chi connectivity index (χ0v) is 17.4. The average molecular weight is 423 g/mol. The number of carbonyl (C=O) groups is 2. The van der Waals surface area contributed by atoms with Gasteiger partial charge in [0.2, 0.25) is 5.91 Å². The number of amides is 2. The minimum Gasteiger partial charge on any atom is -0.365 e. The number of thioether (sulfide) groups is 1. The molecule has 0 unspecified atom stereocenters. The fourth-order valence-electron chi connectivity index (χ4n) is 3.23. The van der Waals surface area contributed by atoms with E-state index in [2.05, 4.69) is 5.32 Å². The molecule has 0 spiro atoms. The molecule has 0 bridgehead atoms. The highest BCUT2D eigenvalue weighted by atomic mass is 35.5. The molecule has 0 saturated carbocycles. The van der Waals surface area contributed by atoms with Crippen molar-refractivity contribution in [2.75, 3.05) is 11.1 Å². The van der Waals surface area contributed by atoms with Gasteiger partial charge >= 0.3 is 0 Å². The van der Waals surface area contributed by atoms with Crippen molar-refractivity contribution in [3.8, 4) is 0 Å². The number of benzene rings is 1. The number of hydrogen-bond donors (Lipinski definition) is 2. The first-order valence-corrected chi connectivity index (χ1v) is 11.3. The van der Waals surface area contributed by atoms with Crippen LogP contribution in [0.5, 0.6) is 0 Å². The van der Waals surface area contributed by atoms with E-state index in [4.69, 9.17) is 17.3 Å². The van der Waals surface area contributed by atoms with Crippen LogP contribution in [0.4, 0.5) is 5.00 Å². The largest absolute Gasteiger partial charge is 0.365 e. The highest BCUT2D eigenvalue weighted by molar-refractivity contribution is 7.99.